The number of rotatable bonds is 15. The number of nitrogens with zero attached hydrogens (tertiary/aromatic N) is 1. The van der Waals surface area contributed by atoms with Crippen LogP contribution in [0.15, 0.2) is 34.7 Å². The predicted molar refractivity (Wildman–Crippen MR) is 149 cm³/mol. The first-order valence-corrected chi connectivity index (χ1v) is 13.3. The van der Waals surface area contributed by atoms with Crippen LogP contribution in [0.5, 0.6) is 17.2 Å². The molecule has 0 spiro atoms. The monoisotopic (exact) mass is 552 g/mol. The molecule has 0 saturated heterocycles. The van der Waals surface area contributed by atoms with E-state index in [2.05, 4.69) is 20.3 Å². The van der Waals surface area contributed by atoms with Gasteiger partial charge in [-0.05, 0) is 94.1 Å². The SMILES string of the molecule is CN.CNC(=O)CCCOc1cc(C)c(OS(=O)N=C(N)c2ccc(OCCCCOO)cc2)c(C)c1C. The Morgan fingerprint density at radius 3 is 2.26 bits per heavy atom. The van der Waals surface area contributed by atoms with Gasteiger partial charge in [-0.2, -0.15) is 4.21 Å². The first-order chi connectivity index (χ1) is 18.3. The number of carbonyl (C=O) groups excluding carboxylic acids is 1. The quantitative estimate of drug-likeness (QED) is 0.0853. The van der Waals surface area contributed by atoms with E-state index in [9.17, 15) is 9.00 Å². The molecule has 0 saturated carbocycles. The molecule has 1 unspecified atom stereocenters. The maximum Gasteiger partial charge on any atom is 0.340 e. The van der Waals surface area contributed by atoms with Crippen molar-refractivity contribution in [1.29, 1.82) is 0 Å². The van der Waals surface area contributed by atoms with E-state index in [0.717, 1.165) is 23.1 Å². The normalized spacial score (nSPS) is 11.7. The highest BCUT2D eigenvalue weighted by molar-refractivity contribution is 7.79. The Labute approximate surface area is 227 Å². The summed E-state index contributed by atoms with van der Waals surface area (Å²) in [4.78, 5) is 15.4. The zero-order valence-electron chi connectivity index (χ0n) is 22.7. The molecule has 0 radical (unpaired) electrons. The van der Waals surface area contributed by atoms with Crippen molar-refractivity contribution in [2.24, 2.45) is 15.9 Å². The lowest BCUT2D eigenvalue weighted by molar-refractivity contribution is -0.242. The van der Waals surface area contributed by atoms with E-state index >= 15 is 0 Å². The van der Waals surface area contributed by atoms with Crippen molar-refractivity contribution in [3.8, 4) is 17.2 Å². The number of hydrogen-bond acceptors (Lipinski definition) is 8. The molecule has 0 heterocycles. The maximum atomic E-state index is 12.6. The number of amides is 1. The lowest BCUT2D eigenvalue weighted by atomic mass is 10.0. The van der Waals surface area contributed by atoms with Crippen LogP contribution in [-0.4, -0.2) is 55.1 Å². The number of nitrogens with one attached hydrogen (secondary N) is 1. The highest BCUT2D eigenvalue weighted by Crippen LogP contribution is 2.34. The van der Waals surface area contributed by atoms with Gasteiger partial charge in [-0.3, -0.25) is 10.1 Å². The van der Waals surface area contributed by atoms with Gasteiger partial charge in [-0.15, -0.1) is 4.40 Å². The molecule has 12 heteroatoms. The van der Waals surface area contributed by atoms with Gasteiger partial charge in [-0.1, -0.05) is 0 Å². The average molecular weight is 553 g/mol. The van der Waals surface area contributed by atoms with Crippen LogP contribution < -0.4 is 30.4 Å². The van der Waals surface area contributed by atoms with Crippen molar-refractivity contribution in [3.05, 3.63) is 52.6 Å². The Hall–Kier alpha value is -3.19. The van der Waals surface area contributed by atoms with E-state index in [0.29, 0.717) is 55.3 Å². The van der Waals surface area contributed by atoms with Crippen LogP contribution in [0.25, 0.3) is 0 Å². The van der Waals surface area contributed by atoms with Gasteiger partial charge < -0.3 is 30.4 Å². The first kappa shape index (κ1) is 32.8. The molecule has 2 aromatic carbocycles. The van der Waals surface area contributed by atoms with Gasteiger partial charge in [0.25, 0.3) is 0 Å². The van der Waals surface area contributed by atoms with Crippen molar-refractivity contribution in [2.75, 3.05) is 33.9 Å². The Morgan fingerprint density at radius 1 is 1.00 bits per heavy atom. The van der Waals surface area contributed by atoms with E-state index in [4.69, 9.17) is 24.6 Å². The standard InChI is InChI=1S/C25H35N3O7S.CH5N/c1-17-16-22(33-14-7-8-23(29)27-4)18(2)19(3)24(17)35-36(31)28-25(26)20-9-11-21(12-10-20)32-13-5-6-15-34-30;1-2/h9-12,16,30H,5-8,13-15H2,1-4H3,(H2,26,28)(H,27,29);2H2,1H3. The summed E-state index contributed by atoms with van der Waals surface area (Å²) in [7, 11) is 3.10. The molecule has 0 aliphatic rings. The predicted octanol–water partition coefficient (Wildman–Crippen LogP) is 3.10. The topological polar surface area (TPSA) is 168 Å². The van der Waals surface area contributed by atoms with E-state index in [1.54, 1.807) is 31.3 Å². The summed E-state index contributed by atoms with van der Waals surface area (Å²) in [5.74, 6) is 1.84. The van der Waals surface area contributed by atoms with Crippen molar-refractivity contribution in [3.63, 3.8) is 0 Å². The lowest BCUT2D eigenvalue weighted by Crippen LogP contribution is -2.18. The second kappa shape index (κ2) is 18.1. The van der Waals surface area contributed by atoms with Crippen LogP contribution in [0.4, 0.5) is 0 Å². The van der Waals surface area contributed by atoms with Gasteiger partial charge in [0.2, 0.25) is 5.91 Å². The number of ether oxygens (including phenoxy) is 2. The first-order valence-electron chi connectivity index (χ1n) is 12.2. The second-order valence-corrected chi connectivity index (χ2v) is 8.87. The third-order valence-corrected chi connectivity index (χ3v) is 6.09. The molecule has 2 aromatic rings. The third-order valence-electron chi connectivity index (χ3n) is 5.44. The zero-order chi connectivity index (χ0) is 28.5. The van der Waals surface area contributed by atoms with Gasteiger partial charge in [0.15, 0.2) is 0 Å². The fraction of sp³-hybridized carbons (Fsp3) is 0.462. The fourth-order valence-corrected chi connectivity index (χ4v) is 3.95. The molecule has 2 rings (SSSR count). The maximum absolute atomic E-state index is 12.6. The highest BCUT2D eigenvalue weighted by atomic mass is 32.2. The summed E-state index contributed by atoms with van der Waals surface area (Å²) in [6.07, 6.45) is 2.42. The third kappa shape index (κ3) is 11.1. The van der Waals surface area contributed by atoms with E-state index in [-0.39, 0.29) is 18.3 Å². The van der Waals surface area contributed by atoms with Gasteiger partial charge >= 0.3 is 11.3 Å². The summed E-state index contributed by atoms with van der Waals surface area (Å²) < 4.78 is 33.7. The van der Waals surface area contributed by atoms with E-state index < -0.39 is 11.3 Å². The molecular formula is C26H40N4O7S. The van der Waals surface area contributed by atoms with Crippen molar-refractivity contribution in [1.82, 2.24) is 5.32 Å². The summed E-state index contributed by atoms with van der Waals surface area (Å²) in [6, 6.07) is 8.75. The average Bonchev–Trinajstić information content (AvgIpc) is 2.92. The van der Waals surface area contributed by atoms with Crippen molar-refractivity contribution in [2.45, 2.75) is 46.5 Å². The number of amidine groups is 1. The second-order valence-electron chi connectivity index (χ2n) is 8.09. The Balaban J connectivity index is 0.00000352. The Kier molecular flexibility index (Phi) is 15.7. The molecular weight excluding hydrogens is 512 g/mol. The molecule has 212 valence electrons. The van der Waals surface area contributed by atoms with Crippen LogP contribution in [-0.2, 0) is 20.9 Å². The fourth-order valence-electron chi connectivity index (χ4n) is 3.24. The van der Waals surface area contributed by atoms with Crippen LogP contribution in [0.1, 0.15) is 47.9 Å². The molecule has 0 aliphatic carbocycles. The van der Waals surface area contributed by atoms with Crippen molar-refractivity contribution >= 4 is 23.0 Å². The van der Waals surface area contributed by atoms with E-state index in [1.807, 2.05) is 26.8 Å². The van der Waals surface area contributed by atoms with Gasteiger partial charge in [-0.25, -0.2) is 4.89 Å². The zero-order valence-corrected chi connectivity index (χ0v) is 23.6. The molecule has 1 amide bonds. The van der Waals surface area contributed by atoms with Crippen LogP contribution in [0.3, 0.4) is 0 Å². The number of unbranched alkanes of at least 4 members (excludes halogenated alkanes) is 1. The highest BCUT2D eigenvalue weighted by Gasteiger charge is 2.16. The minimum absolute atomic E-state index is 0.0285. The molecule has 0 aromatic heterocycles. The smallest absolute Gasteiger partial charge is 0.340 e. The van der Waals surface area contributed by atoms with E-state index in [1.165, 1.54) is 7.05 Å². The number of benzene rings is 2. The van der Waals surface area contributed by atoms with Crippen molar-refractivity contribution < 1.29 is 32.8 Å². The minimum Gasteiger partial charge on any atom is -0.494 e. The summed E-state index contributed by atoms with van der Waals surface area (Å²) in [5, 5.41) is 10.9. The molecule has 1 atom stereocenters. The molecule has 0 bridgehead atoms. The summed E-state index contributed by atoms with van der Waals surface area (Å²) >= 11 is -2.05. The molecule has 0 aliphatic heterocycles. The van der Waals surface area contributed by atoms with Gasteiger partial charge in [0.05, 0.1) is 19.8 Å². The Morgan fingerprint density at radius 2 is 1.63 bits per heavy atom. The lowest BCUT2D eigenvalue weighted by Gasteiger charge is -2.16. The molecule has 38 heavy (non-hydrogen) atoms. The summed E-state index contributed by atoms with van der Waals surface area (Å²) in [6.45, 7) is 6.74. The van der Waals surface area contributed by atoms with Crippen LogP contribution in [0, 0.1) is 20.8 Å². The summed E-state index contributed by atoms with van der Waals surface area (Å²) in [5.41, 5.74) is 13.5. The number of aryl methyl sites for hydroxylation is 1. The van der Waals surface area contributed by atoms with Crippen LogP contribution >= 0.6 is 0 Å². The molecule has 6 N–H and O–H groups in total. The van der Waals surface area contributed by atoms with Crippen LogP contribution in [0.2, 0.25) is 0 Å². The minimum atomic E-state index is -2.05. The van der Waals surface area contributed by atoms with Gasteiger partial charge in [0, 0.05) is 19.0 Å². The number of carbonyl (C=O) groups is 1. The largest absolute Gasteiger partial charge is 0.494 e. The molecule has 11 nitrogen and oxygen atoms in total. The van der Waals surface area contributed by atoms with Gasteiger partial charge in [0.1, 0.15) is 23.1 Å². The Bertz CT molecular complexity index is 1060. The number of hydrogen-bond donors (Lipinski definition) is 4. The molecule has 0 fully saturated rings. The number of nitrogens with two attached hydrogens (primary N) is 2.